The van der Waals surface area contributed by atoms with Gasteiger partial charge in [0.15, 0.2) is 37.9 Å². The first-order valence-corrected chi connectivity index (χ1v) is 10.8. The molecule has 0 radical (unpaired) electrons. The third kappa shape index (κ3) is 3.91. The molecule has 0 aliphatic carbocycles. The van der Waals surface area contributed by atoms with E-state index in [0.717, 1.165) is 6.54 Å². The molecule has 0 fully saturated rings. The van der Waals surface area contributed by atoms with E-state index in [1.54, 1.807) is 12.3 Å². The van der Waals surface area contributed by atoms with Crippen LogP contribution < -0.4 is 20.1 Å². The highest BCUT2D eigenvalue weighted by Gasteiger charge is 2.20. The van der Waals surface area contributed by atoms with Gasteiger partial charge in [-0.15, -0.1) is 0 Å². The molecule has 0 spiro atoms. The molecular weight excluding hydrogens is 394 g/mol. The number of nitrogens with zero attached hydrogens (tertiary/aromatic N) is 2. The lowest BCUT2D eigenvalue weighted by atomic mass is 9.82. The second kappa shape index (κ2) is 8.58. The van der Waals surface area contributed by atoms with Crippen LogP contribution in [0.3, 0.4) is 0 Å². The first-order chi connectivity index (χ1) is 15.6. The van der Waals surface area contributed by atoms with E-state index in [2.05, 4.69) is 85.5 Å². The Morgan fingerprint density at radius 2 is 1.09 bits per heavy atom. The molecule has 0 saturated heterocycles. The molecule has 32 heavy (non-hydrogen) atoms. The monoisotopic (exact) mass is 418 g/mol. The lowest BCUT2D eigenvalue weighted by Crippen LogP contribution is -2.42. The molecule has 2 aromatic heterocycles. The molecule has 5 rings (SSSR count). The van der Waals surface area contributed by atoms with Gasteiger partial charge in [0.1, 0.15) is 7.85 Å². The maximum Gasteiger partial charge on any atom is 0.494 e. The van der Waals surface area contributed by atoms with Crippen molar-refractivity contribution in [2.24, 2.45) is 0 Å². The van der Waals surface area contributed by atoms with Crippen molar-refractivity contribution in [3.05, 3.63) is 109 Å². The van der Waals surface area contributed by atoms with Crippen molar-refractivity contribution in [1.29, 1.82) is 0 Å². The van der Waals surface area contributed by atoms with Crippen LogP contribution in [0.4, 0.5) is 0 Å². The Morgan fingerprint density at radius 1 is 0.625 bits per heavy atom. The summed E-state index contributed by atoms with van der Waals surface area (Å²) in [5.74, 6) is 0. The molecular formula is C26H24B2N2O2+2. The van der Waals surface area contributed by atoms with Gasteiger partial charge in [-0.3, -0.25) is 0 Å². The van der Waals surface area contributed by atoms with Crippen LogP contribution >= 0.6 is 0 Å². The van der Waals surface area contributed by atoms with Crippen molar-refractivity contribution in [3.8, 4) is 0 Å². The minimum Gasteiger partial charge on any atom is -0.423 e. The molecule has 6 heteroatoms. The van der Waals surface area contributed by atoms with Crippen molar-refractivity contribution >= 4 is 47.4 Å². The quantitative estimate of drug-likeness (QED) is 0.250. The van der Waals surface area contributed by atoms with E-state index in [9.17, 15) is 10.0 Å². The molecule has 0 aliphatic heterocycles. The largest absolute Gasteiger partial charge is 0.494 e. The molecule has 154 valence electrons. The van der Waals surface area contributed by atoms with Crippen molar-refractivity contribution in [2.45, 2.75) is 13.1 Å². The van der Waals surface area contributed by atoms with Crippen LogP contribution in [0.1, 0.15) is 11.1 Å². The number of benzene rings is 3. The van der Waals surface area contributed by atoms with E-state index in [1.165, 1.54) is 38.1 Å². The zero-order valence-corrected chi connectivity index (χ0v) is 18.0. The molecule has 5 aromatic rings. The Balaban J connectivity index is 1.72. The Bertz CT molecular complexity index is 1380. The minimum absolute atomic E-state index is 0.480. The van der Waals surface area contributed by atoms with E-state index in [0.29, 0.717) is 12.0 Å². The van der Waals surface area contributed by atoms with Crippen LogP contribution in [0.5, 0.6) is 0 Å². The highest BCUT2D eigenvalue weighted by atomic mass is 16.4. The van der Waals surface area contributed by atoms with E-state index in [-0.39, 0.29) is 0 Å². The molecule has 0 amide bonds. The fourth-order valence-electron chi connectivity index (χ4n) is 4.56. The van der Waals surface area contributed by atoms with Crippen LogP contribution in [-0.4, -0.2) is 25.0 Å². The third-order valence-electron chi connectivity index (χ3n) is 6.02. The fourth-order valence-corrected chi connectivity index (χ4v) is 4.56. The van der Waals surface area contributed by atoms with Crippen molar-refractivity contribution in [2.75, 3.05) is 0 Å². The van der Waals surface area contributed by atoms with Gasteiger partial charge < -0.3 is 10.0 Å². The SMILES string of the molecule is Bc1ccc[n+](Cc2c3ccccc3c(C[n+]3cccc(B(O)O)c3)c3ccccc23)c1. The lowest BCUT2D eigenvalue weighted by molar-refractivity contribution is -0.687. The molecule has 0 bridgehead atoms. The van der Waals surface area contributed by atoms with Gasteiger partial charge in [-0.2, -0.15) is 0 Å². The molecule has 0 aliphatic rings. The van der Waals surface area contributed by atoms with Crippen molar-refractivity contribution in [3.63, 3.8) is 0 Å². The van der Waals surface area contributed by atoms with Crippen LogP contribution in [0.25, 0.3) is 21.5 Å². The predicted octanol–water partition coefficient (Wildman–Crippen LogP) is 0.603. The van der Waals surface area contributed by atoms with Crippen LogP contribution in [0, 0.1) is 0 Å². The van der Waals surface area contributed by atoms with Crippen molar-refractivity contribution < 1.29 is 19.2 Å². The molecule has 4 nitrogen and oxygen atoms in total. The standard InChI is InChI=1S/C26H24B2N2O2/c27-19-7-5-13-29(15-19)17-25-21-9-1-3-11-23(21)26(24-12-4-2-10-22(24)25)18-30-14-6-8-20(16-30)28(31)32/h1-16,31-32H,17-18,27H2/q+2. The average Bonchev–Trinajstić information content (AvgIpc) is 2.81. The zero-order valence-electron chi connectivity index (χ0n) is 18.0. The summed E-state index contributed by atoms with van der Waals surface area (Å²) in [5, 5.41) is 24.1. The van der Waals surface area contributed by atoms with Gasteiger partial charge in [0.05, 0.1) is 0 Å². The highest BCUT2D eigenvalue weighted by molar-refractivity contribution is 6.58. The summed E-state index contributed by atoms with van der Waals surface area (Å²) >= 11 is 0. The summed E-state index contributed by atoms with van der Waals surface area (Å²) in [6, 6.07) is 24.9. The van der Waals surface area contributed by atoms with E-state index < -0.39 is 7.12 Å². The zero-order chi connectivity index (χ0) is 22.1. The molecule has 0 saturated carbocycles. The molecule has 0 atom stereocenters. The molecule has 0 unspecified atom stereocenters. The number of fused-ring (bicyclic) bond motifs is 2. The Labute approximate surface area is 188 Å². The predicted molar refractivity (Wildman–Crippen MR) is 131 cm³/mol. The summed E-state index contributed by atoms with van der Waals surface area (Å²) in [5.41, 5.74) is 4.25. The second-order valence-corrected chi connectivity index (χ2v) is 8.29. The van der Waals surface area contributed by atoms with Gasteiger partial charge in [-0.05, 0) is 27.0 Å². The number of pyridine rings is 2. The van der Waals surface area contributed by atoms with Gasteiger partial charge in [-0.1, -0.05) is 60.7 Å². The van der Waals surface area contributed by atoms with Crippen LogP contribution in [-0.2, 0) is 13.1 Å². The first-order valence-electron chi connectivity index (χ1n) is 10.8. The Hall–Kier alpha value is -3.47. The van der Waals surface area contributed by atoms with Gasteiger partial charge in [-0.25, -0.2) is 9.13 Å². The van der Waals surface area contributed by atoms with E-state index in [4.69, 9.17) is 0 Å². The lowest BCUT2D eigenvalue weighted by Gasteiger charge is -2.14. The topological polar surface area (TPSA) is 48.2 Å². The van der Waals surface area contributed by atoms with E-state index in [1.807, 2.05) is 16.8 Å². The summed E-state index contributed by atoms with van der Waals surface area (Å²) in [6.45, 7) is 1.43. The van der Waals surface area contributed by atoms with Gasteiger partial charge in [0, 0.05) is 28.7 Å². The maximum absolute atomic E-state index is 9.59. The average molecular weight is 418 g/mol. The number of hydrogen-bond donors (Lipinski definition) is 2. The van der Waals surface area contributed by atoms with Gasteiger partial charge in [0.2, 0.25) is 0 Å². The summed E-state index contributed by atoms with van der Waals surface area (Å²) in [7, 11) is 0.634. The van der Waals surface area contributed by atoms with E-state index >= 15 is 0 Å². The molecule has 2 heterocycles. The summed E-state index contributed by atoms with van der Waals surface area (Å²) < 4.78 is 4.25. The smallest absolute Gasteiger partial charge is 0.423 e. The summed E-state index contributed by atoms with van der Waals surface area (Å²) in [4.78, 5) is 0. The van der Waals surface area contributed by atoms with Gasteiger partial charge >= 0.3 is 7.12 Å². The minimum atomic E-state index is -1.48. The number of aromatic nitrogens is 2. The van der Waals surface area contributed by atoms with Gasteiger partial charge in [0.25, 0.3) is 0 Å². The summed E-state index contributed by atoms with van der Waals surface area (Å²) in [6.07, 6.45) is 8.06. The number of hydrogen-bond acceptors (Lipinski definition) is 2. The maximum atomic E-state index is 9.59. The first kappa shape index (κ1) is 20.4. The number of rotatable bonds is 5. The second-order valence-electron chi connectivity index (χ2n) is 8.29. The molecule has 3 aromatic carbocycles. The fraction of sp³-hybridized carbons (Fsp3) is 0.0769. The normalized spacial score (nSPS) is 11.2. The Kier molecular flexibility index (Phi) is 5.48. The molecule has 2 N–H and O–H groups in total. The third-order valence-corrected chi connectivity index (χ3v) is 6.02. The Morgan fingerprint density at radius 3 is 1.56 bits per heavy atom. The highest BCUT2D eigenvalue weighted by Crippen LogP contribution is 2.32. The van der Waals surface area contributed by atoms with Crippen molar-refractivity contribution in [1.82, 2.24) is 0 Å². The van der Waals surface area contributed by atoms with Crippen LogP contribution in [0.2, 0.25) is 0 Å². The van der Waals surface area contributed by atoms with Crippen LogP contribution in [0.15, 0.2) is 97.6 Å².